The van der Waals surface area contributed by atoms with Gasteiger partial charge in [0.15, 0.2) is 0 Å². The number of allylic oxidation sites excluding steroid dienone is 1. The maximum absolute atomic E-state index is 12.5. The Bertz CT molecular complexity index is 1100. The van der Waals surface area contributed by atoms with Gasteiger partial charge in [0.25, 0.3) is 0 Å². The van der Waals surface area contributed by atoms with E-state index in [1.807, 2.05) is 0 Å². The fourth-order valence-corrected chi connectivity index (χ4v) is 10.9. The number of hydrogen-bond acceptors (Lipinski definition) is 6. The normalized spacial score (nSPS) is 15.1. The van der Waals surface area contributed by atoms with Crippen molar-refractivity contribution >= 4 is 11.9 Å². The summed E-state index contributed by atoms with van der Waals surface area (Å²) >= 11 is 0. The van der Waals surface area contributed by atoms with Crippen LogP contribution >= 0.6 is 0 Å². The van der Waals surface area contributed by atoms with Gasteiger partial charge in [-0.3, -0.25) is 9.59 Å². The van der Waals surface area contributed by atoms with Crippen LogP contribution in [0.2, 0.25) is 0 Å². The third kappa shape index (κ3) is 46.8. The van der Waals surface area contributed by atoms with Gasteiger partial charge in [-0.15, -0.1) is 6.58 Å². The largest absolute Gasteiger partial charge is 0.465 e. The van der Waals surface area contributed by atoms with Crippen LogP contribution in [0.3, 0.4) is 0 Å². The van der Waals surface area contributed by atoms with Crippen molar-refractivity contribution in [1.29, 1.82) is 0 Å². The highest BCUT2D eigenvalue weighted by Gasteiger charge is 2.36. The van der Waals surface area contributed by atoms with Gasteiger partial charge in [-0.1, -0.05) is 334 Å². The van der Waals surface area contributed by atoms with E-state index >= 15 is 0 Å². The highest BCUT2D eigenvalue weighted by Crippen LogP contribution is 2.25. The van der Waals surface area contributed by atoms with Crippen LogP contribution in [0.25, 0.3) is 0 Å². The van der Waals surface area contributed by atoms with E-state index in [-0.39, 0.29) is 19.6 Å². The van der Waals surface area contributed by atoms with Crippen molar-refractivity contribution in [2.45, 2.75) is 353 Å². The first-order chi connectivity index (χ1) is 35.1. The molecule has 0 amide bonds. The summed E-state index contributed by atoms with van der Waals surface area (Å²) in [5.41, 5.74) is -1.12. The van der Waals surface area contributed by atoms with Crippen LogP contribution < -0.4 is 0 Å². The summed E-state index contributed by atoms with van der Waals surface area (Å²) < 4.78 is 10.6. The Morgan fingerprint density at radius 2 is 0.563 bits per heavy atom. The van der Waals surface area contributed by atoms with Crippen molar-refractivity contribution in [1.82, 2.24) is 0 Å². The van der Waals surface area contributed by atoms with E-state index in [1.54, 1.807) is 0 Å². The Morgan fingerprint density at radius 3 is 0.789 bits per heavy atom. The van der Waals surface area contributed by atoms with Crippen LogP contribution in [0.1, 0.15) is 353 Å². The summed E-state index contributed by atoms with van der Waals surface area (Å²) in [6, 6.07) is 0. The quantitative estimate of drug-likeness (QED) is 0.0358. The summed E-state index contributed by atoms with van der Waals surface area (Å²) in [6.07, 6.45) is 77.6. The lowest BCUT2D eigenvalue weighted by molar-refractivity contribution is -0.155. The highest BCUT2D eigenvalue weighted by molar-refractivity contribution is 5.80. The molecule has 420 valence electrons. The summed E-state index contributed by atoms with van der Waals surface area (Å²) in [7, 11) is 0. The zero-order valence-electron chi connectivity index (χ0n) is 47.6. The highest BCUT2D eigenvalue weighted by atomic mass is 16.6. The van der Waals surface area contributed by atoms with Crippen LogP contribution in [0, 0.1) is 11.3 Å². The van der Waals surface area contributed by atoms with Crippen LogP contribution in [-0.4, -0.2) is 48.6 Å². The zero-order chi connectivity index (χ0) is 51.1. The average molecular weight is 1000 g/mol. The van der Waals surface area contributed by atoms with Crippen LogP contribution in [0.4, 0.5) is 0 Å². The standard InChI is InChI=1S/C65H124O6/c1-2-3-4-5-6-7-8-9-10-11-12-13-14-15-16-17-18-19-20-21-22-23-24-25-26-27-28-29-30-31-32-33-34-35-36-37-38-39-40-41-42-43-44-45-46-47-48-49-50-51-52-53-54-55-56-62-57-63(68)70-60-65(58-66,59-67)61-71-64(62)69/h2,62,66-67H,1,3-61H2. The minimum absolute atomic E-state index is 0.00512. The number of aliphatic hydroxyl groups excluding tert-OH is 2. The number of rotatable bonds is 57. The molecule has 0 aromatic heterocycles. The smallest absolute Gasteiger partial charge is 0.309 e. The molecule has 1 unspecified atom stereocenters. The van der Waals surface area contributed by atoms with Crippen molar-refractivity contribution in [2.24, 2.45) is 11.3 Å². The zero-order valence-corrected chi connectivity index (χ0v) is 47.6. The van der Waals surface area contributed by atoms with Gasteiger partial charge in [0.1, 0.15) is 13.2 Å². The molecule has 2 N–H and O–H groups in total. The molecular weight excluding hydrogens is 877 g/mol. The second-order valence-corrected chi connectivity index (χ2v) is 23.2. The van der Waals surface area contributed by atoms with Gasteiger partial charge >= 0.3 is 11.9 Å². The van der Waals surface area contributed by atoms with Gasteiger partial charge in [-0.25, -0.2) is 0 Å². The number of carbonyl (C=O) groups is 2. The van der Waals surface area contributed by atoms with Crippen molar-refractivity contribution in [3.63, 3.8) is 0 Å². The van der Waals surface area contributed by atoms with E-state index in [4.69, 9.17) is 9.47 Å². The maximum atomic E-state index is 12.5. The van der Waals surface area contributed by atoms with E-state index in [9.17, 15) is 19.8 Å². The van der Waals surface area contributed by atoms with Gasteiger partial charge in [0.2, 0.25) is 0 Å². The molecule has 1 rings (SSSR count). The van der Waals surface area contributed by atoms with Crippen LogP contribution in [0.5, 0.6) is 0 Å². The fourth-order valence-electron chi connectivity index (χ4n) is 10.9. The lowest BCUT2D eigenvalue weighted by Gasteiger charge is -2.27. The molecule has 1 saturated heterocycles. The van der Waals surface area contributed by atoms with Gasteiger partial charge in [0, 0.05) is 0 Å². The molecule has 0 spiro atoms. The molecule has 0 aliphatic carbocycles. The molecule has 0 radical (unpaired) electrons. The maximum Gasteiger partial charge on any atom is 0.309 e. The molecular formula is C65H124O6. The molecule has 1 aliphatic heterocycles. The third-order valence-electron chi connectivity index (χ3n) is 16.2. The van der Waals surface area contributed by atoms with Crippen molar-refractivity contribution in [2.75, 3.05) is 26.4 Å². The predicted molar refractivity (Wildman–Crippen MR) is 306 cm³/mol. The van der Waals surface area contributed by atoms with Gasteiger partial charge < -0.3 is 19.7 Å². The average Bonchev–Trinajstić information content (AvgIpc) is 3.44. The summed E-state index contributed by atoms with van der Waals surface area (Å²) in [5.74, 6) is -1.40. The van der Waals surface area contributed by atoms with Crippen molar-refractivity contribution < 1.29 is 29.3 Å². The summed E-state index contributed by atoms with van der Waals surface area (Å²) in [6.45, 7) is 2.72. The lowest BCUT2D eigenvalue weighted by Crippen LogP contribution is -2.40. The molecule has 6 heteroatoms. The number of ether oxygens (including phenoxy) is 2. The number of hydrogen-bond donors (Lipinski definition) is 2. The first-order valence-electron chi connectivity index (χ1n) is 32.2. The Morgan fingerprint density at radius 1 is 0.352 bits per heavy atom. The first kappa shape index (κ1) is 67.6. The third-order valence-corrected chi connectivity index (χ3v) is 16.2. The van der Waals surface area contributed by atoms with Crippen molar-refractivity contribution in [3.8, 4) is 0 Å². The SMILES string of the molecule is C=CCCCCCCCCCCCCCCCCCCCCCCCCCCCCCCCCCCCCCCCCCCCCCCCCCCCCCCC1CC(=O)OCC(CO)(CO)COC1=O. The summed E-state index contributed by atoms with van der Waals surface area (Å²) in [5, 5.41) is 19.2. The molecule has 71 heavy (non-hydrogen) atoms. The van der Waals surface area contributed by atoms with E-state index < -0.39 is 36.5 Å². The van der Waals surface area contributed by atoms with E-state index in [0.717, 1.165) is 19.3 Å². The Labute approximate surface area is 443 Å². The number of unbranched alkanes of at least 4 members (excludes halogenated alkanes) is 52. The van der Waals surface area contributed by atoms with Gasteiger partial charge in [-0.2, -0.15) is 0 Å². The minimum Gasteiger partial charge on any atom is -0.465 e. The molecule has 1 fully saturated rings. The van der Waals surface area contributed by atoms with Gasteiger partial charge in [-0.05, 0) is 19.3 Å². The van der Waals surface area contributed by atoms with Crippen LogP contribution in [-0.2, 0) is 19.1 Å². The first-order valence-corrected chi connectivity index (χ1v) is 32.2. The van der Waals surface area contributed by atoms with E-state index in [1.165, 1.54) is 321 Å². The number of cyclic esters (lactones) is 2. The molecule has 0 bridgehead atoms. The second-order valence-electron chi connectivity index (χ2n) is 23.2. The molecule has 0 saturated carbocycles. The molecule has 0 aromatic rings. The lowest BCUT2D eigenvalue weighted by atomic mass is 9.92. The number of carbonyl (C=O) groups excluding carboxylic acids is 2. The Balaban J connectivity index is 1.66. The fraction of sp³-hybridized carbons (Fsp3) is 0.938. The number of esters is 2. The van der Waals surface area contributed by atoms with Gasteiger partial charge in [0.05, 0.1) is 31.0 Å². The van der Waals surface area contributed by atoms with E-state index in [0.29, 0.717) is 6.42 Å². The topological polar surface area (TPSA) is 93.1 Å². The molecule has 1 heterocycles. The summed E-state index contributed by atoms with van der Waals surface area (Å²) in [4.78, 5) is 24.7. The van der Waals surface area contributed by atoms with E-state index in [2.05, 4.69) is 12.7 Å². The molecule has 1 atom stereocenters. The van der Waals surface area contributed by atoms with Crippen molar-refractivity contribution in [3.05, 3.63) is 12.7 Å². The number of aliphatic hydroxyl groups is 2. The molecule has 6 nitrogen and oxygen atoms in total. The second kappa shape index (κ2) is 54.8. The molecule has 0 aromatic carbocycles. The molecule has 1 aliphatic rings. The Hall–Kier alpha value is -1.40. The minimum atomic E-state index is -1.12. The Kier molecular flexibility index (Phi) is 52.2. The predicted octanol–water partition coefficient (Wildman–Crippen LogP) is 20.3. The van der Waals surface area contributed by atoms with Crippen LogP contribution in [0.15, 0.2) is 12.7 Å². The monoisotopic (exact) mass is 1000 g/mol.